The van der Waals surface area contributed by atoms with Gasteiger partial charge in [-0.25, -0.2) is 4.98 Å². The van der Waals surface area contributed by atoms with Gasteiger partial charge in [0.05, 0.1) is 11.9 Å². The number of hydrogen-bond acceptors (Lipinski definition) is 5. The average molecular weight is 409 g/mol. The number of aromatic nitrogens is 3. The number of hydrogen-bond donors (Lipinski definition) is 1. The van der Waals surface area contributed by atoms with Gasteiger partial charge in [0.15, 0.2) is 0 Å². The lowest BCUT2D eigenvalue weighted by Gasteiger charge is -2.28. The van der Waals surface area contributed by atoms with Crippen LogP contribution in [0.5, 0.6) is 0 Å². The summed E-state index contributed by atoms with van der Waals surface area (Å²) in [6.07, 6.45) is 11.9. The number of fused-ring (bicyclic) bond motifs is 3. The number of amides is 1. The molecule has 0 aromatic carbocycles. The molecule has 1 N–H and O–H groups in total. The summed E-state index contributed by atoms with van der Waals surface area (Å²) in [5, 5.41) is 0.765. The summed E-state index contributed by atoms with van der Waals surface area (Å²) in [6, 6.07) is 3.68. The minimum atomic E-state index is -0.0628. The van der Waals surface area contributed by atoms with Crippen LogP contribution in [-0.4, -0.2) is 31.8 Å². The highest BCUT2D eigenvalue weighted by molar-refractivity contribution is 7.18. The molecule has 3 aromatic rings. The molecule has 2 aliphatic rings. The van der Waals surface area contributed by atoms with E-state index in [1.54, 1.807) is 35.9 Å². The quantitative estimate of drug-likeness (QED) is 0.711. The summed E-state index contributed by atoms with van der Waals surface area (Å²) in [5.41, 5.74) is 1.76. The fraction of sp³-hybridized carbons (Fsp3) is 0.455. The van der Waals surface area contributed by atoms with Crippen LogP contribution in [0.25, 0.3) is 10.2 Å². The van der Waals surface area contributed by atoms with E-state index in [1.807, 2.05) is 4.90 Å². The SMILES string of the molecule is O=C(c1ccncc1)N(Cc1nc2sc3c(c2c(=O)[nH]1)CCCC3)C1CCCC1. The predicted molar refractivity (Wildman–Crippen MR) is 113 cm³/mol. The largest absolute Gasteiger partial charge is 0.328 e. The minimum Gasteiger partial charge on any atom is -0.328 e. The number of nitrogens with zero attached hydrogens (tertiary/aromatic N) is 3. The molecular weight excluding hydrogens is 384 g/mol. The van der Waals surface area contributed by atoms with Crippen molar-refractivity contribution >= 4 is 27.5 Å². The Hall–Kier alpha value is -2.54. The normalized spacial score (nSPS) is 16.8. The maximum absolute atomic E-state index is 13.2. The number of rotatable bonds is 4. The van der Waals surface area contributed by atoms with E-state index in [2.05, 4.69) is 9.97 Å². The molecule has 0 saturated heterocycles. The molecule has 0 atom stereocenters. The van der Waals surface area contributed by atoms with E-state index < -0.39 is 0 Å². The van der Waals surface area contributed by atoms with Gasteiger partial charge in [0, 0.05) is 28.9 Å². The molecule has 150 valence electrons. The lowest BCUT2D eigenvalue weighted by Crippen LogP contribution is -2.39. The molecule has 1 amide bonds. The monoisotopic (exact) mass is 408 g/mol. The number of aromatic amines is 1. The highest BCUT2D eigenvalue weighted by Gasteiger charge is 2.29. The summed E-state index contributed by atoms with van der Waals surface area (Å²) < 4.78 is 0. The molecule has 29 heavy (non-hydrogen) atoms. The number of H-pyrrole nitrogens is 1. The number of thiophene rings is 1. The van der Waals surface area contributed by atoms with Crippen molar-refractivity contribution in [1.82, 2.24) is 19.9 Å². The van der Waals surface area contributed by atoms with Gasteiger partial charge in [0.2, 0.25) is 0 Å². The smallest absolute Gasteiger partial charge is 0.259 e. The Bertz CT molecular complexity index is 1100. The average Bonchev–Trinajstić information content (AvgIpc) is 3.40. The van der Waals surface area contributed by atoms with Crippen LogP contribution in [0, 0.1) is 0 Å². The third-order valence-electron chi connectivity index (χ3n) is 6.15. The molecule has 3 aromatic heterocycles. The van der Waals surface area contributed by atoms with Gasteiger partial charge < -0.3 is 9.88 Å². The summed E-state index contributed by atoms with van der Waals surface area (Å²) in [5.74, 6) is 0.558. The topological polar surface area (TPSA) is 79.0 Å². The van der Waals surface area contributed by atoms with Crippen molar-refractivity contribution in [3.63, 3.8) is 0 Å². The molecule has 7 heteroatoms. The van der Waals surface area contributed by atoms with Crippen molar-refractivity contribution in [3.8, 4) is 0 Å². The van der Waals surface area contributed by atoms with Crippen LogP contribution in [0.3, 0.4) is 0 Å². The van der Waals surface area contributed by atoms with Crippen LogP contribution in [-0.2, 0) is 19.4 Å². The molecule has 6 nitrogen and oxygen atoms in total. The van der Waals surface area contributed by atoms with Crippen LogP contribution in [0.1, 0.15) is 65.1 Å². The van der Waals surface area contributed by atoms with E-state index in [0.29, 0.717) is 17.9 Å². The van der Waals surface area contributed by atoms with Crippen molar-refractivity contribution in [2.45, 2.75) is 64.0 Å². The van der Waals surface area contributed by atoms with Gasteiger partial charge in [-0.05, 0) is 56.2 Å². The van der Waals surface area contributed by atoms with E-state index >= 15 is 0 Å². The second-order valence-corrected chi connectivity index (χ2v) is 9.09. The van der Waals surface area contributed by atoms with Gasteiger partial charge in [0.25, 0.3) is 11.5 Å². The van der Waals surface area contributed by atoms with E-state index in [-0.39, 0.29) is 17.5 Å². The maximum atomic E-state index is 13.2. The molecule has 5 rings (SSSR count). The van der Waals surface area contributed by atoms with Crippen molar-refractivity contribution < 1.29 is 4.79 Å². The number of nitrogens with one attached hydrogen (secondary N) is 1. The molecule has 0 unspecified atom stereocenters. The number of pyridine rings is 1. The summed E-state index contributed by atoms with van der Waals surface area (Å²) >= 11 is 1.65. The first-order valence-electron chi connectivity index (χ1n) is 10.4. The molecule has 1 saturated carbocycles. The van der Waals surface area contributed by atoms with E-state index in [4.69, 9.17) is 4.98 Å². The van der Waals surface area contributed by atoms with Crippen LogP contribution in [0.4, 0.5) is 0 Å². The van der Waals surface area contributed by atoms with Gasteiger partial charge in [-0.2, -0.15) is 0 Å². The van der Waals surface area contributed by atoms with Crippen molar-refractivity contribution in [2.24, 2.45) is 0 Å². The Morgan fingerprint density at radius 2 is 1.90 bits per heavy atom. The zero-order chi connectivity index (χ0) is 19.8. The first kappa shape index (κ1) is 18.5. The van der Waals surface area contributed by atoms with Gasteiger partial charge in [-0.3, -0.25) is 14.6 Å². The van der Waals surface area contributed by atoms with Crippen molar-refractivity contribution in [3.05, 3.63) is 56.7 Å². The fourth-order valence-corrected chi connectivity index (χ4v) is 5.97. The predicted octanol–water partition coefficient (Wildman–Crippen LogP) is 3.84. The van der Waals surface area contributed by atoms with Crippen molar-refractivity contribution in [1.29, 1.82) is 0 Å². The Balaban J connectivity index is 1.50. The van der Waals surface area contributed by atoms with Crippen LogP contribution in [0.15, 0.2) is 29.3 Å². The first-order valence-corrected chi connectivity index (χ1v) is 11.3. The molecule has 0 spiro atoms. The Morgan fingerprint density at radius 1 is 1.14 bits per heavy atom. The third kappa shape index (κ3) is 3.48. The zero-order valence-corrected chi connectivity index (χ0v) is 17.1. The van der Waals surface area contributed by atoms with Gasteiger partial charge in [-0.1, -0.05) is 12.8 Å². The van der Waals surface area contributed by atoms with Crippen molar-refractivity contribution in [2.75, 3.05) is 0 Å². The molecule has 0 bridgehead atoms. The van der Waals surface area contributed by atoms with E-state index in [1.165, 1.54) is 16.9 Å². The highest BCUT2D eigenvalue weighted by atomic mass is 32.1. The lowest BCUT2D eigenvalue weighted by atomic mass is 9.97. The lowest BCUT2D eigenvalue weighted by molar-refractivity contribution is 0.0658. The molecule has 3 heterocycles. The molecular formula is C22H24N4O2S. The minimum absolute atomic E-state index is 0.0208. The fourth-order valence-electron chi connectivity index (χ4n) is 4.69. The van der Waals surface area contributed by atoms with Crippen LogP contribution in [0.2, 0.25) is 0 Å². The summed E-state index contributed by atoms with van der Waals surface area (Å²) in [6.45, 7) is 0.333. The van der Waals surface area contributed by atoms with E-state index in [9.17, 15) is 9.59 Å². The number of carbonyl (C=O) groups excluding carboxylic acids is 1. The van der Waals surface area contributed by atoms with E-state index in [0.717, 1.165) is 55.2 Å². The molecule has 1 fully saturated rings. The molecule has 0 aliphatic heterocycles. The molecule has 0 radical (unpaired) electrons. The third-order valence-corrected chi connectivity index (χ3v) is 7.33. The number of aryl methyl sites for hydroxylation is 2. The summed E-state index contributed by atoms with van der Waals surface area (Å²) in [7, 11) is 0. The Labute approximate surface area is 173 Å². The Morgan fingerprint density at radius 3 is 2.69 bits per heavy atom. The number of carbonyl (C=O) groups is 1. The van der Waals surface area contributed by atoms with Crippen LogP contribution < -0.4 is 5.56 Å². The molecule has 2 aliphatic carbocycles. The highest BCUT2D eigenvalue weighted by Crippen LogP contribution is 2.34. The maximum Gasteiger partial charge on any atom is 0.259 e. The zero-order valence-electron chi connectivity index (χ0n) is 16.3. The van der Waals surface area contributed by atoms with Crippen LogP contribution >= 0.6 is 11.3 Å². The Kier molecular flexibility index (Phi) is 4.91. The van der Waals surface area contributed by atoms with Gasteiger partial charge >= 0.3 is 0 Å². The second kappa shape index (κ2) is 7.71. The standard InChI is InChI=1S/C22H24N4O2S/c27-20-19-16-7-3-4-8-17(16)29-21(19)25-18(24-20)13-26(15-5-1-2-6-15)22(28)14-9-11-23-12-10-14/h9-12,15H,1-8,13H2,(H,24,25,27). The first-order chi connectivity index (χ1) is 14.2. The second-order valence-electron chi connectivity index (χ2n) is 8.01. The van der Waals surface area contributed by atoms with Gasteiger partial charge in [0.1, 0.15) is 10.7 Å². The van der Waals surface area contributed by atoms with Gasteiger partial charge in [-0.15, -0.1) is 11.3 Å². The summed E-state index contributed by atoms with van der Waals surface area (Å²) in [4.78, 5) is 41.9.